The van der Waals surface area contributed by atoms with Crippen LogP contribution in [0.1, 0.15) is 35.1 Å². The second kappa shape index (κ2) is 13.5. The lowest BCUT2D eigenvalue weighted by Gasteiger charge is -2.27. The Balaban J connectivity index is 1.26. The molecule has 0 aliphatic carbocycles. The first kappa shape index (κ1) is 30.8. The Morgan fingerprint density at radius 1 is 0.913 bits per heavy atom. The van der Waals surface area contributed by atoms with Crippen molar-refractivity contribution < 1.29 is 23.7 Å². The van der Waals surface area contributed by atoms with Crippen LogP contribution >= 0.6 is 23.2 Å². The summed E-state index contributed by atoms with van der Waals surface area (Å²) in [4.78, 5) is 13.0. The zero-order valence-electron chi connectivity index (χ0n) is 24.8. The molecule has 0 radical (unpaired) electrons. The standard InChI is InChI=1S/C37H28Cl2N2O5/c1-2-43-34-16-24(11-15-32(34)44-21-25-10-12-26(38)18-31(25)39)36-29-14-13-27(19-33(29)46-37(41)30(36)20-40)45-35(42)17-23-8-5-7-22-6-3-4-9-28(22)23/h3-16,18-19,36H,2,17,21,41H2,1H3. The van der Waals surface area contributed by atoms with Gasteiger partial charge in [0.2, 0.25) is 5.88 Å². The summed E-state index contributed by atoms with van der Waals surface area (Å²) < 4.78 is 23.6. The second-order valence-electron chi connectivity index (χ2n) is 10.6. The SMILES string of the molecule is CCOc1cc(C2C(C#N)=C(N)Oc3cc(OC(=O)Cc4cccc5ccccc45)ccc32)ccc1OCc1ccc(Cl)cc1Cl. The summed E-state index contributed by atoms with van der Waals surface area (Å²) in [6, 6.07) is 31.7. The molecule has 1 heterocycles. The summed E-state index contributed by atoms with van der Waals surface area (Å²) in [5.41, 5.74) is 9.57. The van der Waals surface area contributed by atoms with Gasteiger partial charge >= 0.3 is 5.97 Å². The van der Waals surface area contributed by atoms with E-state index in [0.717, 1.165) is 27.5 Å². The first-order valence-electron chi connectivity index (χ1n) is 14.6. The maximum atomic E-state index is 13.0. The zero-order valence-corrected chi connectivity index (χ0v) is 26.3. The Bertz CT molecular complexity index is 2030. The number of hydrogen-bond acceptors (Lipinski definition) is 7. The van der Waals surface area contributed by atoms with E-state index in [0.29, 0.717) is 45.2 Å². The van der Waals surface area contributed by atoms with E-state index in [4.69, 9.17) is 47.9 Å². The molecule has 1 aliphatic rings. The molecule has 0 spiro atoms. The molecule has 0 saturated carbocycles. The van der Waals surface area contributed by atoms with E-state index in [1.165, 1.54) is 0 Å². The van der Waals surface area contributed by atoms with Gasteiger partial charge in [0, 0.05) is 27.2 Å². The lowest BCUT2D eigenvalue weighted by atomic mass is 9.83. The first-order chi connectivity index (χ1) is 22.3. The maximum absolute atomic E-state index is 13.0. The lowest BCUT2D eigenvalue weighted by Crippen LogP contribution is -2.21. The molecular weight excluding hydrogens is 623 g/mol. The van der Waals surface area contributed by atoms with Crippen molar-refractivity contribution in [1.82, 2.24) is 0 Å². The third kappa shape index (κ3) is 6.45. The lowest BCUT2D eigenvalue weighted by molar-refractivity contribution is -0.133. The van der Waals surface area contributed by atoms with E-state index < -0.39 is 11.9 Å². The number of fused-ring (bicyclic) bond motifs is 2. The van der Waals surface area contributed by atoms with Crippen LogP contribution in [0.2, 0.25) is 10.0 Å². The normalized spacial score (nSPS) is 13.8. The van der Waals surface area contributed by atoms with Gasteiger partial charge in [-0.1, -0.05) is 83.9 Å². The number of ether oxygens (including phenoxy) is 4. The minimum Gasteiger partial charge on any atom is -0.490 e. The fraction of sp³-hybridized carbons (Fsp3) is 0.135. The Morgan fingerprint density at radius 2 is 1.74 bits per heavy atom. The van der Waals surface area contributed by atoms with E-state index in [1.807, 2.05) is 61.5 Å². The molecule has 1 unspecified atom stereocenters. The van der Waals surface area contributed by atoms with Gasteiger partial charge < -0.3 is 24.7 Å². The van der Waals surface area contributed by atoms with E-state index in [2.05, 4.69) is 6.07 Å². The van der Waals surface area contributed by atoms with Crippen LogP contribution in [0, 0.1) is 11.3 Å². The van der Waals surface area contributed by atoms with E-state index in [-0.39, 0.29) is 24.5 Å². The predicted octanol–water partition coefficient (Wildman–Crippen LogP) is 8.49. The topological polar surface area (TPSA) is 104 Å². The van der Waals surface area contributed by atoms with Crippen molar-refractivity contribution in [2.45, 2.75) is 25.9 Å². The number of rotatable bonds is 9. The summed E-state index contributed by atoms with van der Waals surface area (Å²) >= 11 is 12.4. The molecule has 7 nitrogen and oxygen atoms in total. The number of carbonyl (C=O) groups excluding carboxylic acids is 1. The molecule has 2 N–H and O–H groups in total. The van der Waals surface area contributed by atoms with Crippen molar-refractivity contribution in [1.29, 1.82) is 5.26 Å². The minimum atomic E-state index is -0.562. The van der Waals surface area contributed by atoms with Crippen LogP contribution in [0.5, 0.6) is 23.0 Å². The zero-order chi connectivity index (χ0) is 32.2. The van der Waals surface area contributed by atoms with Gasteiger partial charge in [-0.3, -0.25) is 4.79 Å². The number of halogens is 2. The fourth-order valence-electron chi connectivity index (χ4n) is 5.50. The molecule has 46 heavy (non-hydrogen) atoms. The van der Waals surface area contributed by atoms with Gasteiger partial charge in [0.25, 0.3) is 0 Å². The number of hydrogen-bond donors (Lipinski definition) is 1. The molecule has 5 aromatic carbocycles. The van der Waals surface area contributed by atoms with E-state index >= 15 is 0 Å². The van der Waals surface area contributed by atoms with E-state index in [1.54, 1.807) is 42.5 Å². The van der Waals surface area contributed by atoms with Crippen molar-refractivity contribution in [3.8, 4) is 29.1 Å². The van der Waals surface area contributed by atoms with E-state index in [9.17, 15) is 10.1 Å². The van der Waals surface area contributed by atoms with Crippen LogP contribution in [-0.4, -0.2) is 12.6 Å². The summed E-state index contributed by atoms with van der Waals surface area (Å²) in [5.74, 6) is 0.675. The van der Waals surface area contributed by atoms with Crippen LogP contribution in [0.15, 0.2) is 109 Å². The Hall–Kier alpha value is -5.16. The first-order valence-corrected chi connectivity index (χ1v) is 15.3. The third-order valence-electron chi connectivity index (χ3n) is 7.64. The molecule has 0 bridgehead atoms. The van der Waals surface area contributed by atoms with Gasteiger partial charge in [-0.2, -0.15) is 5.26 Å². The van der Waals surface area contributed by atoms with Crippen molar-refractivity contribution in [3.63, 3.8) is 0 Å². The van der Waals surface area contributed by atoms with Crippen LogP contribution in [0.4, 0.5) is 0 Å². The van der Waals surface area contributed by atoms with Crippen LogP contribution in [0.25, 0.3) is 10.8 Å². The largest absolute Gasteiger partial charge is 0.490 e. The van der Waals surface area contributed by atoms with Crippen molar-refractivity contribution >= 4 is 39.9 Å². The number of benzene rings is 5. The molecule has 5 aromatic rings. The highest BCUT2D eigenvalue weighted by atomic mass is 35.5. The molecule has 1 atom stereocenters. The van der Waals surface area contributed by atoms with Crippen molar-refractivity contribution in [2.24, 2.45) is 5.73 Å². The number of allylic oxidation sites excluding steroid dienone is 1. The van der Waals surface area contributed by atoms with Crippen molar-refractivity contribution in [3.05, 3.63) is 141 Å². The number of nitrogens with zero attached hydrogens (tertiary/aromatic N) is 1. The van der Waals surface area contributed by atoms with Crippen LogP contribution < -0.4 is 24.7 Å². The number of esters is 1. The average molecular weight is 652 g/mol. The number of nitriles is 1. The minimum absolute atomic E-state index is 0.0325. The molecular formula is C37H28Cl2N2O5. The molecule has 230 valence electrons. The monoisotopic (exact) mass is 650 g/mol. The number of nitrogens with two attached hydrogens (primary N) is 1. The third-order valence-corrected chi connectivity index (χ3v) is 8.22. The summed E-state index contributed by atoms with van der Waals surface area (Å²) in [6.07, 6.45) is 0.0986. The Kier molecular flexibility index (Phi) is 9.02. The molecule has 6 rings (SSSR count). The molecule has 1 aliphatic heterocycles. The molecule has 9 heteroatoms. The quantitative estimate of drug-likeness (QED) is 0.126. The molecule has 0 aromatic heterocycles. The predicted molar refractivity (Wildman–Crippen MR) is 177 cm³/mol. The summed E-state index contributed by atoms with van der Waals surface area (Å²) in [5, 5.41) is 13.2. The number of carbonyl (C=O) groups is 1. The smallest absolute Gasteiger partial charge is 0.315 e. The van der Waals surface area contributed by atoms with Gasteiger partial charge in [-0.05, 0) is 59.2 Å². The molecule has 0 fully saturated rings. The van der Waals surface area contributed by atoms with Crippen LogP contribution in [-0.2, 0) is 17.8 Å². The van der Waals surface area contributed by atoms with Crippen LogP contribution in [0.3, 0.4) is 0 Å². The highest BCUT2D eigenvalue weighted by Gasteiger charge is 2.32. The van der Waals surface area contributed by atoms with Gasteiger partial charge in [0.1, 0.15) is 29.7 Å². The molecule has 0 amide bonds. The highest BCUT2D eigenvalue weighted by molar-refractivity contribution is 6.35. The molecule has 0 saturated heterocycles. The van der Waals surface area contributed by atoms with Gasteiger partial charge in [-0.15, -0.1) is 0 Å². The summed E-state index contributed by atoms with van der Waals surface area (Å²) in [6.45, 7) is 2.47. The second-order valence-corrected chi connectivity index (χ2v) is 11.4. The Morgan fingerprint density at radius 3 is 2.54 bits per heavy atom. The van der Waals surface area contributed by atoms with Crippen molar-refractivity contribution in [2.75, 3.05) is 6.61 Å². The average Bonchev–Trinajstić information content (AvgIpc) is 3.04. The van der Waals surface area contributed by atoms with Gasteiger partial charge in [0.15, 0.2) is 11.5 Å². The maximum Gasteiger partial charge on any atom is 0.315 e. The fourth-order valence-corrected chi connectivity index (χ4v) is 5.96. The Labute approximate surface area is 276 Å². The van der Waals surface area contributed by atoms with Gasteiger partial charge in [-0.25, -0.2) is 0 Å². The summed E-state index contributed by atoms with van der Waals surface area (Å²) in [7, 11) is 0. The highest BCUT2D eigenvalue weighted by Crippen LogP contribution is 2.45. The van der Waals surface area contributed by atoms with Gasteiger partial charge in [0.05, 0.1) is 18.9 Å².